The largest absolute Gasteiger partial charge is 0.308 e. The first-order chi connectivity index (χ1) is 6.38. The van der Waals surface area contributed by atoms with Crippen molar-refractivity contribution in [1.82, 2.24) is 5.32 Å². The lowest BCUT2D eigenvalue weighted by atomic mass is 10.0. The molecule has 0 heterocycles. The van der Waals surface area contributed by atoms with Gasteiger partial charge in [0.05, 0.1) is 0 Å². The molecule has 0 bridgehead atoms. The maximum absolute atomic E-state index is 3.50. The molecule has 78 valence electrons. The Morgan fingerprint density at radius 2 is 1.79 bits per heavy atom. The van der Waals surface area contributed by atoms with E-state index >= 15 is 0 Å². The van der Waals surface area contributed by atoms with E-state index in [0.717, 1.165) is 6.54 Å². The Hall–Kier alpha value is -0.820. The molecule has 0 radical (unpaired) electrons. The Balaban J connectivity index is 2.68. The molecule has 1 nitrogen and oxygen atoms in total. The highest BCUT2D eigenvalue weighted by atomic mass is 14.9. The molecule has 0 spiro atoms. The Morgan fingerprint density at radius 1 is 1.14 bits per heavy atom. The maximum atomic E-state index is 3.50. The summed E-state index contributed by atoms with van der Waals surface area (Å²) in [6.07, 6.45) is 0. The van der Waals surface area contributed by atoms with Crippen LogP contribution in [0.1, 0.15) is 37.5 Å². The molecule has 0 saturated heterocycles. The van der Waals surface area contributed by atoms with Gasteiger partial charge in [0.15, 0.2) is 0 Å². The van der Waals surface area contributed by atoms with E-state index in [2.05, 4.69) is 58.1 Å². The molecule has 0 aliphatic carbocycles. The van der Waals surface area contributed by atoms with Crippen LogP contribution in [0.2, 0.25) is 0 Å². The van der Waals surface area contributed by atoms with Crippen molar-refractivity contribution in [3.05, 3.63) is 34.9 Å². The second-order valence-electron chi connectivity index (χ2n) is 5.03. The first-order valence-electron chi connectivity index (χ1n) is 5.20. The minimum absolute atomic E-state index is 0.192. The van der Waals surface area contributed by atoms with Crippen molar-refractivity contribution in [2.24, 2.45) is 0 Å². The molecule has 0 amide bonds. The zero-order valence-corrected chi connectivity index (χ0v) is 9.94. The molecule has 0 saturated carbocycles. The van der Waals surface area contributed by atoms with Gasteiger partial charge in [0.1, 0.15) is 0 Å². The van der Waals surface area contributed by atoms with Crippen LogP contribution in [0.5, 0.6) is 0 Å². The summed E-state index contributed by atoms with van der Waals surface area (Å²) >= 11 is 0. The lowest BCUT2D eigenvalue weighted by Crippen LogP contribution is -2.35. The highest BCUT2D eigenvalue weighted by molar-refractivity contribution is 5.30. The molecule has 0 aliphatic heterocycles. The van der Waals surface area contributed by atoms with Crippen LogP contribution in [0, 0.1) is 13.8 Å². The number of hydrogen-bond donors (Lipinski definition) is 1. The van der Waals surface area contributed by atoms with Gasteiger partial charge in [-0.25, -0.2) is 0 Å². The number of aryl methyl sites for hydroxylation is 2. The van der Waals surface area contributed by atoms with Crippen molar-refractivity contribution in [2.45, 2.75) is 46.7 Å². The van der Waals surface area contributed by atoms with Crippen LogP contribution in [0.4, 0.5) is 0 Å². The molecule has 1 aromatic rings. The van der Waals surface area contributed by atoms with E-state index in [9.17, 15) is 0 Å². The van der Waals surface area contributed by atoms with Gasteiger partial charge >= 0.3 is 0 Å². The Morgan fingerprint density at radius 3 is 2.29 bits per heavy atom. The van der Waals surface area contributed by atoms with E-state index in [1.54, 1.807) is 0 Å². The minimum Gasteiger partial charge on any atom is -0.308 e. The molecule has 0 unspecified atom stereocenters. The summed E-state index contributed by atoms with van der Waals surface area (Å²) in [6.45, 7) is 11.8. The van der Waals surface area contributed by atoms with Gasteiger partial charge in [-0.15, -0.1) is 0 Å². The standard InChI is InChI=1S/C13H21N/c1-10-6-7-12(11(2)8-10)9-14-13(3,4)5/h6-8,14H,9H2,1-5H3. The van der Waals surface area contributed by atoms with E-state index in [1.807, 2.05) is 0 Å². The predicted octanol–water partition coefficient (Wildman–Crippen LogP) is 3.19. The lowest BCUT2D eigenvalue weighted by molar-refractivity contribution is 0.424. The van der Waals surface area contributed by atoms with Crippen LogP contribution < -0.4 is 5.32 Å². The molecule has 0 aliphatic rings. The molecular weight excluding hydrogens is 170 g/mol. The quantitative estimate of drug-likeness (QED) is 0.757. The van der Waals surface area contributed by atoms with Crippen LogP contribution in [0.25, 0.3) is 0 Å². The summed E-state index contributed by atoms with van der Waals surface area (Å²) in [5.41, 5.74) is 4.30. The van der Waals surface area contributed by atoms with E-state index < -0.39 is 0 Å². The summed E-state index contributed by atoms with van der Waals surface area (Å²) in [5, 5.41) is 3.50. The number of hydrogen-bond acceptors (Lipinski definition) is 1. The van der Waals surface area contributed by atoms with Gasteiger partial charge < -0.3 is 5.32 Å². The SMILES string of the molecule is Cc1ccc(CNC(C)(C)C)c(C)c1. The number of nitrogens with one attached hydrogen (secondary N) is 1. The third-order valence-corrected chi connectivity index (χ3v) is 2.31. The Labute approximate surface area is 87.5 Å². The van der Waals surface area contributed by atoms with Crippen molar-refractivity contribution in [3.8, 4) is 0 Å². The third-order valence-electron chi connectivity index (χ3n) is 2.31. The molecule has 0 aromatic heterocycles. The fourth-order valence-electron chi connectivity index (χ4n) is 1.40. The lowest BCUT2D eigenvalue weighted by Gasteiger charge is -2.21. The highest BCUT2D eigenvalue weighted by Gasteiger charge is 2.08. The highest BCUT2D eigenvalue weighted by Crippen LogP contribution is 2.11. The molecule has 1 N–H and O–H groups in total. The average molecular weight is 191 g/mol. The van der Waals surface area contributed by atoms with Gasteiger partial charge in [0.25, 0.3) is 0 Å². The van der Waals surface area contributed by atoms with Crippen LogP contribution in [0.15, 0.2) is 18.2 Å². The Kier molecular flexibility index (Phi) is 3.33. The first kappa shape index (κ1) is 11.3. The van der Waals surface area contributed by atoms with Crippen molar-refractivity contribution in [3.63, 3.8) is 0 Å². The van der Waals surface area contributed by atoms with E-state index in [0.29, 0.717) is 0 Å². The summed E-state index contributed by atoms with van der Waals surface area (Å²) in [6, 6.07) is 6.62. The fraction of sp³-hybridized carbons (Fsp3) is 0.538. The molecule has 0 fully saturated rings. The van der Waals surface area contributed by atoms with Gasteiger partial charge in [-0.2, -0.15) is 0 Å². The van der Waals surface area contributed by atoms with Crippen molar-refractivity contribution >= 4 is 0 Å². The molecular formula is C13H21N. The first-order valence-corrected chi connectivity index (χ1v) is 5.20. The van der Waals surface area contributed by atoms with E-state index in [-0.39, 0.29) is 5.54 Å². The topological polar surface area (TPSA) is 12.0 Å². The van der Waals surface area contributed by atoms with Crippen molar-refractivity contribution < 1.29 is 0 Å². The van der Waals surface area contributed by atoms with Crippen LogP contribution >= 0.6 is 0 Å². The van der Waals surface area contributed by atoms with E-state index in [4.69, 9.17) is 0 Å². The van der Waals surface area contributed by atoms with Gasteiger partial charge in [0.2, 0.25) is 0 Å². The third kappa shape index (κ3) is 3.51. The fourth-order valence-corrected chi connectivity index (χ4v) is 1.40. The van der Waals surface area contributed by atoms with Gasteiger partial charge in [0, 0.05) is 12.1 Å². The zero-order valence-electron chi connectivity index (χ0n) is 9.94. The average Bonchev–Trinajstić information content (AvgIpc) is 2.00. The normalized spacial score (nSPS) is 11.8. The second-order valence-corrected chi connectivity index (χ2v) is 5.03. The zero-order chi connectivity index (χ0) is 10.8. The number of benzene rings is 1. The van der Waals surface area contributed by atoms with Gasteiger partial charge in [-0.05, 0) is 45.7 Å². The summed E-state index contributed by atoms with van der Waals surface area (Å²) in [7, 11) is 0. The smallest absolute Gasteiger partial charge is 0.0212 e. The molecule has 1 rings (SSSR count). The predicted molar refractivity (Wildman–Crippen MR) is 62.5 cm³/mol. The Bertz CT molecular complexity index is 308. The van der Waals surface area contributed by atoms with Crippen LogP contribution in [-0.4, -0.2) is 5.54 Å². The molecule has 1 aromatic carbocycles. The number of rotatable bonds is 2. The summed E-state index contributed by atoms with van der Waals surface area (Å²) in [5.74, 6) is 0. The van der Waals surface area contributed by atoms with E-state index in [1.165, 1.54) is 16.7 Å². The van der Waals surface area contributed by atoms with Crippen LogP contribution in [0.3, 0.4) is 0 Å². The minimum atomic E-state index is 0.192. The van der Waals surface area contributed by atoms with Crippen molar-refractivity contribution in [1.29, 1.82) is 0 Å². The molecule has 14 heavy (non-hydrogen) atoms. The summed E-state index contributed by atoms with van der Waals surface area (Å²) < 4.78 is 0. The van der Waals surface area contributed by atoms with Gasteiger partial charge in [-0.3, -0.25) is 0 Å². The summed E-state index contributed by atoms with van der Waals surface area (Å²) in [4.78, 5) is 0. The van der Waals surface area contributed by atoms with Crippen molar-refractivity contribution in [2.75, 3.05) is 0 Å². The second kappa shape index (κ2) is 4.14. The van der Waals surface area contributed by atoms with Crippen LogP contribution in [-0.2, 0) is 6.54 Å². The maximum Gasteiger partial charge on any atom is 0.0212 e. The molecule has 0 atom stereocenters. The monoisotopic (exact) mass is 191 g/mol. The molecule has 1 heteroatoms. The van der Waals surface area contributed by atoms with Gasteiger partial charge in [-0.1, -0.05) is 23.8 Å².